The Hall–Kier alpha value is -2.17. The summed E-state index contributed by atoms with van der Waals surface area (Å²) in [6.07, 6.45) is 0.848. The van der Waals surface area contributed by atoms with Gasteiger partial charge >= 0.3 is 0 Å². The molecule has 2 aliphatic heterocycles. The van der Waals surface area contributed by atoms with Crippen LogP contribution in [-0.4, -0.2) is 47.2 Å². The molecular weight excluding hydrogens is 256 g/mol. The molecule has 1 atom stereocenters. The fourth-order valence-electron chi connectivity index (χ4n) is 2.78. The molecule has 20 heavy (non-hydrogen) atoms. The van der Waals surface area contributed by atoms with Crippen LogP contribution in [0.25, 0.3) is 0 Å². The van der Waals surface area contributed by atoms with Gasteiger partial charge in [-0.3, -0.25) is 19.3 Å². The summed E-state index contributed by atoms with van der Waals surface area (Å²) in [5.74, 6) is -0.352. The highest BCUT2D eigenvalue weighted by molar-refractivity contribution is 6.21. The molecule has 3 amide bonds. The molecule has 3 rings (SSSR count). The first kappa shape index (κ1) is 12.8. The van der Waals surface area contributed by atoms with E-state index in [0.717, 1.165) is 6.42 Å². The summed E-state index contributed by atoms with van der Waals surface area (Å²) in [6.45, 7) is 3.31. The van der Waals surface area contributed by atoms with Crippen LogP contribution < -0.4 is 0 Å². The molecule has 0 spiro atoms. The van der Waals surface area contributed by atoms with E-state index in [2.05, 4.69) is 0 Å². The molecule has 1 fully saturated rings. The Balaban J connectivity index is 1.70. The van der Waals surface area contributed by atoms with Gasteiger partial charge in [-0.1, -0.05) is 19.1 Å². The average molecular weight is 272 g/mol. The largest absolute Gasteiger partial charge is 0.341 e. The number of imide groups is 1. The van der Waals surface area contributed by atoms with E-state index in [0.29, 0.717) is 24.2 Å². The van der Waals surface area contributed by atoms with E-state index in [1.54, 1.807) is 29.2 Å². The third-order valence-corrected chi connectivity index (χ3v) is 4.04. The Morgan fingerprint density at radius 3 is 2.15 bits per heavy atom. The van der Waals surface area contributed by atoms with Crippen molar-refractivity contribution in [3.8, 4) is 0 Å². The summed E-state index contributed by atoms with van der Waals surface area (Å²) in [5.41, 5.74) is 0.914. The molecule has 0 saturated carbocycles. The van der Waals surface area contributed by atoms with E-state index < -0.39 is 0 Å². The Morgan fingerprint density at radius 1 is 1.05 bits per heavy atom. The third kappa shape index (κ3) is 1.90. The van der Waals surface area contributed by atoms with E-state index >= 15 is 0 Å². The standard InChI is InChI=1S/C15H16N2O3/c1-10-6-7-16(13(10)18)8-9-17-14(19)11-4-2-3-5-12(11)15(17)20/h2-5,10H,6-9H2,1H3. The molecule has 5 heteroatoms. The summed E-state index contributed by atoms with van der Waals surface area (Å²) in [6, 6.07) is 6.83. The Bertz CT molecular complexity index is 562. The number of nitrogens with zero attached hydrogens (tertiary/aromatic N) is 2. The molecule has 1 unspecified atom stereocenters. The fourth-order valence-corrected chi connectivity index (χ4v) is 2.78. The first-order valence-electron chi connectivity index (χ1n) is 6.83. The van der Waals surface area contributed by atoms with Crippen LogP contribution in [0.3, 0.4) is 0 Å². The maximum Gasteiger partial charge on any atom is 0.261 e. The molecule has 0 radical (unpaired) electrons. The number of hydrogen-bond donors (Lipinski definition) is 0. The number of fused-ring (bicyclic) bond motifs is 1. The zero-order valence-corrected chi connectivity index (χ0v) is 11.3. The number of rotatable bonds is 3. The first-order chi connectivity index (χ1) is 9.59. The van der Waals surface area contributed by atoms with Crippen molar-refractivity contribution in [2.24, 2.45) is 5.92 Å². The van der Waals surface area contributed by atoms with Gasteiger partial charge in [-0.25, -0.2) is 0 Å². The molecule has 0 N–H and O–H groups in total. The van der Waals surface area contributed by atoms with Gasteiger partial charge in [0, 0.05) is 25.6 Å². The highest BCUT2D eigenvalue weighted by Crippen LogP contribution is 2.23. The van der Waals surface area contributed by atoms with Gasteiger partial charge in [-0.15, -0.1) is 0 Å². The Kier molecular flexibility index (Phi) is 3.04. The van der Waals surface area contributed by atoms with Gasteiger partial charge in [0.15, 0.2) is 0 Å². The minimum Gasteiger partial charge on any atom is -0.341 e. The summed E-state index contributed by atoms with van der Waals surface area (Å²) in [7, 11) is 0. The van der Waals surface area contributed by atoms with Crippen LogP contribution >= 0.6 is 0 Å². The van der Waals surface area contributed by atoms with Crippen molar-refractivity contribution in [1.29, 1.82) is 0 Å². The molecule has 1 aromatic carbocycles. The lowest BCUT2D eigenvalue weighted by Crippen LogP contribution is -2.39. The average Bonchev–Trinajstić information content (AvgIpc) is 2.90. The van der Waals surface area contributed by atoms with Crippen molar-refractivity contribution < 1.29 is 14.4 Å². The van der Waals surface area contributed by atoms with Crippen molar-refractivity contribution >= 4 is 17.7 Å². The van der Waals surface area contributed by atoms with Crippen molar-refractivity contribution in [2.45, 2.75) is 13.3 Å². The fraction of sp³-hybridized carbons (Fsp3) is 0.400. The van der Waals surface area contributed by atoms with Gasteiger partial charge in [0.25, 0.3) is 11.8 Å². The molecule has 5 nitrogen and oxygen atoms in total. The van der Waals surface area contributed by atoms with Crippen molar-refractivity contribution in [3.05, 3.63) is 35.4 Å². The smallest absolute Gasteiger partial charge is 0.261 e. The number of benzene rings is 1. The number of hydrogen-bond acceptors (Lipinski definition) is 3. The maximum atomic E-state index is 12.2. The molecule has 1 saturated heterocycles. The quantitative estimate of drug-likeness (QED) is 0.776. The second-order valence-electron chi connectivity index (χ2n) is 5.32. The highest BCUT2D eigenvalue weighted by atomic mass is 16.2. The lowest BCUT2D eigenvalue weighted by Gasteiger charge is -2.20. The van der Waals surface area contributed by atoms with Crippen molar-refractivity contribution in [3.63, 3.8) is 0 Å². The van der Waals surface area contributed by atoms with Gasteiger partial charge in [0.05, 0.1) is 11.1 Å². The Morgan fingerprint density at radius 2 is 1.65 bits per heavy atom. The predicted molar refractivity (Wildman–Crippen MR) is 72.2 cm³/mol. The number of amides is 3. The second-order valence-corrected chi connectivity index (χ2v) is 5.32. The van der Waals surface area contributed by atoms with E-state index in [-0.39, 0.29) is 30.2 Å². The normalized spacial score (nSPS) is 21.9. The van der Waals surface area contributed by atoms with E-state index in [1.807, 2.05) is 6.92 Å². The lowest BCUT2D eigenvalue weighted by atomic mass is 10.1. The molecule has 0 bridgehead atoms. The summed E-state index contributed by atoms with van der Waals surface area (Å²) < 4.78 is 0. The monoisotopic (exact) mass is 272 g/mol. The number of carbonyl (C=O) groups is 3. The van der Waals surface area contributed by atoms with Crippen LogP contribution in [0, 0.1) is 5.92 Å². The molecule has 2 heterocycles. The number of likely N-dealkylation sites (tertiary alicyclic amines) is 1. The van der Waals surface area contributed by atoms with Crippen LogP contribution in [0.1, 0.15) is 34.1 Å². The van der Waals surface area contributed by atoms with Crippen LogP contribution in [0.5, 0.6) is 0 Å². The van der Waals surface area contributed by atoms with Gasteiger partial charge in [-0.2, -0.15) is 0 Å². The van der Waals surface area contributed by atoms with Gasteiger partial charge < -0.3 is 4.90 Å². The molecular formula is C15H16N2O3. The van der Waals surface area contributed by atoms with Crippen molar-refractivity contribution in [2.75, 3.05) is 19.6 Å². The van der Waals surface area contributed by atoms with Gasteiger partial charge in [0.1, 0.15) is 0 Å². The van der Waals surface area contributed by atoms with Gasteiger partial charge in [-0.05, 0) is 18.6 Å². The van der Waals surface area contributed by atoms with Crippen LogP contribution in [0.15, 0.2) is 24.3 Å². The van der Waals surface area contributed by atoms with Crippen LogP contribution in [-0.2, 0) is 4.79 Å². The molecule has 0 aliphatic carbocycles. The van der Waals surface area contributed by atoms with E-state index in [9.17, 15) is 14.4 Å². The van der Waals surface area contributed by atoms with E-state index in [1.165, 1.54) is 4.90 Å². The first-order valence-corrected chi connectivity index (χ1v) is 6.83. The second kappa shape index (κ2) is 4.74. The maximum absolute atomic E-state index is 12.2. The van der Waals surface area contributed by atoms with Crippen LogP contribution in [0.2, 0.25) is 0 Å². The zero-order chi connectivity index (χ0) is 14.3. The SMILES string of the molecule is CC1CCN(CCN2C(=O)c3ccccc3C2=O)C1=O. The molecule has 0 aromatic heterocycles. The molecule has 1 aromatic rings. The molecule has 2 aliphatic rings. The molecule has 104 valence electrons. The summed E-state index contributed by atoms with van der Waals surface area (Å²) >= 11 is 0. The van der Waals surface area contributed by atoms with Crippen molar-refractivity contribution in [1.82, 2.24) is 9.80 Å². The van der Waals surface area contributed by atoms with E-state index in [4.69, 9.17) is 0 Å². The summed E-state index contributed by atoms with van der Waals surface area (Å²) in [5, 5.41) is 0. The topological polar surface area (TPSA) is 57.7 Å². The van der Waals surface area contributed by atoms with Crippen LogP contribution in [0.4, 0.5) is 0 Å². The Labute approximate surface area is 117 Å². The highest BCUT2D eigenvalue weighted by Gasteiger charge is 2.36. The number of carbonyl (C=O) groups excluding carboxylic acids is 3. The minimum atomic E-state index is -0.259. The minimum absolute atomic E-state index is 0.0529. The summed E-state index contributed by atoms with van der Waals surface area (Å²) in [4.78, 5) is 39.1. The van der Waals surface area contributed by atoms with Gasteiger partial charge in [0.2, 0.25) is 5.91 Å². The zero-order valence-electron chi connectivity index (χ0n) is 11.3. The lowest BCUT2D eigenvalue weighted by molar-refractivity contribution is -0.130. The predicted octanol–water partition coefficient (Wildman–Crippen LogP) is 1.15. The third-order valence-electron chi connectivity index (χ3n) is 4.04.